The molecule has 0 aliphatic carbocycles. The number of pyridine rings is 1. The van der Waals surface area contributed by atoms with Crippen molar-refractivity contribution in [2.45, 2.75) is 6.92 Å². The molecule has 2 heterocycles. The fourth-order valence-electron chi connectivity index (χ4n) is 3.04. The molecule has 0 radical (unpaired) electrons. The summed E-state index contributed by atoms with van der Waals surface area (Å²) in [5, 5.41) is 7.36. The molecule has 4 aromatic rings. The molecule has 1 amide bonds. The molecule has 2 aromatic heterocycles. The Morgan fingerprint density at radius 3 is 2.56 bits per heavy atom. The first-order valence-electron chi connectivity index (χ1n) is 8.78. The number of hydrogen-bond donors (Lipinski definition) is 1. The average molecular weight is 359 g/mol. The van der Waals surface area contributed by atoms with E-state index >= 15 is 0 Å². The van der Waals surface area contributed by atoms with E-state index in [1.54, 1.807) is 22.7 Å². The number of hydrogen-bond acceptors (Lipinski definition) is 2. The van der Waals surface area contributed by atoms with Gasteiger partial charge in [0.05, 0.1) is 11.2 Å². The summed E-state index contributed by atoms with van der Waals surface area (Å²) in [4.78, 5) is 12.1. The van der Waals surface area contributed by atoms with Crippen LogP contribution < -0.4 is 5.32 Å². The normalized spacial score (nSPS) is 10.9. The van der Waals surface area contributed by atoms with Gasteiger partial charge < -0.3 is 5.32 Å². The molecule has 0 atom stereocenters. The summed E-state index contributed by atoms with van der Waals surface area (Å²) < 4.78 is 14.9. The lowest BCUT2D eigenvalue weighted by Crippen LogP contribution is -2.22. The maximum Gasteiger partial charge on any atom is 0.251 e. The summed E-state index contributed by atoms with van der Waals surface area (Å²) in [7, 11) is 0. The third-order valence-electron chi connectivity index (χ3n) is 4.40. The first-order valence-corrected chi connectivity index (χ1v) is 8.78. The lowest BCUT2D eigenvalue weighted by molar-refractivity contribution is 0.0956. The number of benzene rings is 2. The monoisotopic (exact) mass is 359 g/mol. The van der Waals surface area contributed by atoms with Crippen LogP contribution in [0.3, 0.4) is 0 Å². The first-order chi connectivity index (χ1) is 13.1. The molecule has 5 heteroatoms. The summed E-state index contributed by atoms with van der Waals surface area (Å²) in [6.07, 6.45) is 1.89. The molecule has 0 fully saturated rings. The minimum atomic E-state index is -0.267. The van der Waals surface area contributed by atoms with E-state index in [-0.39, 0.29) is 11.7 Å². The van der Waals surface area contributed by atoms with E-state index < -0.39 is 0 Å². The fourth-order valence-corrected chi connectivity index (χ4v) is 3.04. The molecule has 0 saturated carbocycles. The maximum absolute atomic E-state index is 13.1. The quantitative estimate of drug-likeness (QED) is 0.581. The maximum atomic E-state index is 13.1. The Bertz CT molecular complexity index is 1120. The number of halogens is 1. The van der Waals surface area contributed by atoms with Gasteiger partial charge in [-0.15, -0.1) is 0 Å². The number of rotatable bonds is 4. The van der Waals surface area contributed by atoms with Crippen LogP contribution in [0.5, 0.6) is 0 Å². The van der Waals surface area contributed by atoms with E-state index in [4.69, 9.17) is 0 Å². The van der Waals surface area contributed by atoms with Gasteiger partial charge in [0.2, 0.25) is 0 Å². The van der Waals surface area contributed by atoms with Gasteiger partial charge in [-0.2, -0.15) is 5.10 Å². The second kappa shape index (κ2) is 7.03. The summed E-state index contributed by atoms with van der Waals surface area (Å²) in [5.74, 6) is -0.347. The number of nitrogens with zero attached hydrogens (tertiary/aromatic N) is 2. The summed E-state index contributed by atoms with van der Waals surface area (Å²) in [6.45, 7) is 2.49. The number of fused-ring (bicyclic) bond motifs is 1. The highest BCUT2D eigenvalue weighted by Crippen LogP contribution is 2.25. The Hall–Kier alpha value is -3.47. The lowest BCUT2D eigenvalue weighted by atomic mass is 10.0. The van der Waals surface area contributed by atoms with Crippen molar-refractivity contribution in [1.29, 1.82) is 0 Å². The van der Waals surface area contributed by atoms with Crippen molar-refractivity contribution >= 4 is 11.4 Å². The lowest BCUT2D eigenvalue weighted by Gasteiger charge is -2.06. The van der Waals surface area contributed by atoms with Crippen molar-refractivity contribution in [3.8, 4) is 22.4 Å². The highest BCUT2D eigenvalue weighted by atomic mass is 19.1. The molecule has 4 nitrogen and oxygen atoms in total. The molecule has 4 rings (SSSR count). The zero-order valence-electron chi connectivity index (χ0n) is 14.8. The Kier molecular flexibility index (Phi) is 4.42. The number of carbonyl (C=O) groups is 1. The Balaban J connectivity index is 1.70. The van der Waals surface area contributed by atoms with Crippen molar-refractivity contribution < 1.29 is 9.18 Å². The topological polar surface area (TPSA) is 46.4 Å². The molecule has 0 spiro atoms. The largest absolute Gasteiger partial charge is 0.352 e. The van der Waals surface area contributed by atoms with Crippen LogP contribution in [0.1, 0.15) is 17.3 Å². The van der Waals surface area contributed by atoms with Crippen LogP contribution in [-0.4, -0.2) is 22.1 Å². The molecule has 0 aliphatic heterocycles. The Morgan fingerprint density at radius 1 is 1.00 bits per heavy atom. The smallest absolute Gasteiger partial charge is 0.251 e. The van der Waals surface area contributed by atoms with E-state index in [2.05, 4.69) is 10.4 Å². The molecule has 0 saturated heterocycles. The molecular formula is C22H18FN3O. The third-order valence-corrected chi connectivity index (χ3v) is 4.40. The Labute approximate surface area is 156 Å². The number of amides is 1. The first kappa shape index (κ1) is 17.0. The van der Waals surface area contributed by atoms with Gasteiger partial charge in [-0.3, -0.25) is 4.79 Å². The van der Waals surface area contributed by atoms with Crippen LogP contribution in [0, 0.1) is 5.82 Å². The van der Waals surface area contributed by atoms with Crippen molar-refractivity contribution in [1.82, 2.24) is 14.9 Å². The Morgan fingerprint density at radius 2 is 1.78 bits per heavy atom. The van der Waals surface area contributed by atoms with E-state index in [9.17, 15) is 9.18 Å². The van der Waals surface area contributed by atoms with E-state index in [0.29, 0.717) is 12.1 Å². The SMILES string of the molecule is CCNC(=O)c1cccc(-c2ccn3nc(-c4ccc(F)cc4)cc3c2)c1. The molecule has 0 unspecified atom stereocenters. The molecule has 0 bridgehead atoms. The third kappa shape index (κ3) is 3.44. The molecular weight excluding hydrogens is 341 g/mol. The van der Waals surface area contributed by atoms with Crippen molar-refractivity contribution in [2.24, 2.45) is 0 Å². The van der Waals surface area contributed by atoms with Gasteiger partial charge >= 0.3 is 0 Å². The zero-order valence-corrected chi connectivity index (χ0v) is 14.8. The van der Waals surface area contributed by atoms with Gasteiger partial charge in [0.25, 0.3) is 5.91 Å². The zero-order chi connectivity index (χ0) is 18.8. The van der Waals surface area contributed by atoms with Crippen molar-refractivity contribution in [3.63, 3.8) is 0 Å². The van der Waals surface area contributed by atoms with Crippen LogP contribution in [0.4, 0.5) is 4.39 Å². The van der Waals surface area contributed by atoms with Gasteiger partial charge in [0.15, 0.2) is 0 Å². The second-order valence-corrected chi connectivity index (χ2v) is 6.26. The van der Waals surface area contributed by atoms with Crippen LogP contribution in [0.2, 0.25) is 0 Å². The molecule has 27 heavy (non-hydrogen) atoms. The van der Waals surface area contributed by atoms with Crippen molar-refractivity contribution in [3.05, 3.63) is 84.3 Å². The number of carbonyl (C=O) groups excluding carboxylic acids is 1. The van der Waals surface area contributed by atoms with E-state index in [1.165, 1.54) is 12.1 Å². The van der Waals surface area contributed by atoms with Gasteiger partial charge in [0.1, 0.15) is 5.82 Å². The molecule has 0 aliphatic rings. The minimum Gasteiger partial charge on any atom is -0.352 e. The summed E-state index contributed by atoms with van der Waals surface area (Å²) in [6, 6.07) is 19.8. The van der Waals surface area contributed by atoms with Gasteiger partial charge in [0, 0.05) is 23.9 Å². The number of nitrogens with one attached hydrogen (secondary N) is 1. The predicted octanol–water partition coefficient (Wildman–Crippen LogP) is 4.56. The van der Waals surface area contributed by atoms with Crippen LogP contribution in [0.25, 0.3) is 27.9 Å². The summed E-state index contributed by atoms with van der Waals surface area (Å²) >= 11 is 0. The van der Waals surface area contributed by atoms with Crippen molar-refractivity contribution in [2.75, 3.05) is 6.54 Å². The predicted molar refractivity (Wildman–Crippen MR) is 104 cm³/mol. The van der Waals surface area contributed by atoms with Crippen LogP contribution in [-0.2, 0) is 0 Å². The van der Waals surface area contributed by atoms with Crippen LogP contribution in [0.15, 0.2) is 72.9 Å². The van der Waals surface area contributed by atoms with E-state index in [0.717, 1.165) is 27.9 Å². The van der Waals surface area contributed by atoms with Gasteiger partial charge in [-0.1, -0.05) is 12.1 Å². The number of aromatic nitrogens is 2. The second-order valence-electron chi connectivity index (χ2n) is 6.26. The van der Waals surface area contributed by atoms with Gasteiger partial charge in [-0.25, -0.2) is 8.91 Å². The fraction of sp³-hybridized carbons (Fsp3) is 0.0909. The molecule has 1 N–H and O–H groups in total. The standard InChI is InChI=1S/C22H18FN3O/c1-2-24-22(27)18-5-3-4-16(12-18)17-10-11-26-20(13-17)14-21(25-26)15-6-8-19(23)9-7-15/h3-14H,2H2,1H3,(H,24,27). The van der Waals surface area contributed by atoms with E-state index in [1.807, 2.05) is 49.5 Å². The molecule has 134 valence electrons. The highest BCUT2D eigenvalue weighted by molar-refractivity contribution is 5.95. The molecule has 2 aromatic carbocycles. The average Bonchev–Trinajstić information content (AvgIpc) is 3.12. The highest BCUT2D eigenvalue weighted by Gasteiger charge is 2.09. The summed E-state index contributed by atoms with van der Waals surface area (Å²) in [5.41, 5.74) is 5.16. The minimum absolute atomic E-state index is 0.0802. The van der Waals surface area contributed by atoms with Gasteiger partial charge in [-0.05, 0) is 72.6 Å². The van der Waals surface area contributed by atoms with Crippen LogP contribution >= 0.6 is 0 Å².